The van der Waals surface area contributed by atoms with Gasteiger partial charge in [0, 0.05) is 0 Å². The Bertz CT molecular complexity index is 390. The fourth-order valence-electron chi connectivity index (χ4n) is 1.86. The van der Waals surface area contributed by atoms with Crippen LogP contribution in [0.25, 0.3) is 0 Å². The first kappa shape index (κ1) is 8.97. The number of benzene rings is 1. The van der Waals surface area contributed by atoms with Crippen molar-refractivity contribution >= 4 is 6.08 Å². The Morgan fingerprint density at radius 3 is 2.71 bits per heavy atom. The van der Waals surface area contributed by atoms with Gasteiger partial charge in [-0.3, -0.25) is 0 Å². The van der Waals surface area contributed by atoms with E-state index in [1.54, 1.807) is 24.3 Å². The number of rotatable bonds is 2. The van der Waals surface area contributed by atoms with E-state index in [0.29, 0.717) is 0 Å². The van der Waals surface area contributed by atoms with E-state index in [1.165, 1.54) is 0 Å². The maximum absolute atomic E-state index is 10.3. The second kappa shape index (κ2) is 3.28. The van der Waals surface area contributed by atoms with Crippen LogP contribution in [0.4, 0.5) is 0 Å². The number of carbonyl (C=O) groups excluding carboxylic acids is 1. The molecule has 0 heterocycles. The summed E-state index contributed by atoms with van der Waals surface area (Å²) in [4.78, 5) is 14.2. The second-order valence-electron chi connectivity index (χ2n) is 3.64. The van der Waals surface area contributed by atoms with E-state index in [9.17, 15) is 9.90 Å². The number of aromatic hydroxyl groups is 1. The average molecular weight is 189 g/mol. The largest absolute Gasteiger partial charge is 0.508 e. The molecule has 3 nitrogen and oxygen atoms in total. The van der Waals surface area contributed by atoms with Crippen LogP contribution in [0.15, 0.2) is 29.3 Å². The van der Waals surface area contributed by atoms with Gasteiger partial charge in [-0.05, 0) is 37.0 Å². The monoisotopic (exact) mass is 189 g/mol. The number of phenols is 1. The molecule has 72 valence electrons. The summed E-state index contributed by atoms with van der Waals surface area (Å²) in [5, 5.41) is 9.32. The molecular formula is C11H11NO2. The maximum atomic E-state index is 10.3. The molecule has 1 aliphatic carbocycles. The van der Waals surface area contributed by atoms with Gasteiger partial charge in [-0.25, -0.2) is 4.79 Å². The van der Waals surface area contributed by atoms with Crippen LogP contribution in [-0.4, -0.2) is 11.2 Å². The van der Waals surface area contributed by atoms with E-state index in [-0.39, 0.29) is 5.75 Å². The van der Waals surface area contributed by atoms with Crippen LogP contribution in [0.1, 0.15) is 24.8 Å². The van der Waals surface area contributed by atoms with E-state index in [0.717, 1.165) is 24.8 Å². The quantitative estimate of drug-likeness (QED) is 0.572. The lowest BCUT2D eigenvalue weighted by atomic mass is 9.72. The third kappa shape index (κ3) is 1.32. The average Bonchev–Trinajstić information content (AvgIpc) is 2.11. The first-order valence-electron chi connectivity index (χ1n) is 4.65. The highest BCUT2D eigenvalue weighted by Gasteiger charge is 2.38. The van der Waals surface area contributed by atoms with Crippen molar-refractivity contribution in [1.29, 1.82) is 0 Å². The van der Waals surface area contributed by atoms with E-state index in [1.807, 2.05) is 6.07 Å². The molecule has 1 saturated carbocycles. The van der Waals surface area contributed by atoms with Crippen LogP contribution in [-0.2, 0) is 10.3 Å². The Morgan fingerprint density at radius 1 is 1.43 bits per heavy atom. The van der Waals surface area contributed by atoms with Crippen molar-refractivity contribution in [2.75, 3.05) is 0 Å². The zero-order chi connectivity index (χ0) is 10.0. The smallest absolute Gasteiger partial charge is 0.235 e. The molecule has 1 fully saturated rings. The van der Waals surface area contributed by atoms with Gasteiger partial charge in [0.25, 0.3) is 0 Å². The van der Waals surface area contributed by atoms with Crippen LogP contribution in [0.5, 0.6) is 5.75 Å². The zero-order valence-corrected chi connectivity index (χ0v) is 7.73. The number of phenolic OH excluding ortho intramolecular Hbond substituents is 1. The highest BCUT2D eigenvalue weighted by atomic mass is 16.3. The summed E-state index contributed by atoms with van der Waals surface area (Å²) in [7, 11) is 0. The van der Waals surface area contributed by atoms with Crippen molar-refractivity contribution in [3.8, 4) is 5.75 Å². The van der Waals surface area contributed by atoms with Crippen molar-refractivity contribution in [2.45, 2.75) is 24.8 Å². The van der Waals surface area contributed by atoms with Gasteiger partial charge in [0.1, 0.15) is 5.75 Å². The summed E-state index contributed by atoms with van der Waals surface area (Å²) in [6.07, 6.45) is 4.43. The van der Waals surface area contributed by atoms with Crippen molar-refractivity contribution in [3.05, 3.63) is 29.8 Å². The molecule has 1 N–H and O–H groups in total. The Morgan fingerprint density at radius 2 is 2.21 bits per heavy atom. The van der Waals surface area contributed by atoms with Crippen LogP contribution >= 0.6 is 0 Å². The normalized spacial score (nSPS) is 18.0. The molecule has 0 radical (unpaired) electrons. The third-order valence-electron chi connectivity index (χ3n) is 2.82. The second-order valence-corrected chi connectivity index (χ2v) is 3.64. The Labute approximate surface area is 82.1 Å². The van der Waals surface area contributed by atoms with E-state index >= 15 is 0 Å². The van der Waals surface area contributed by atoms with Crippen LogP contribution in [0.2, 0.25) is 0 Å². The molecular weight excluding hydrogens is 178 g/mol. The first-order valence-corrected chi connectivity index (χ1v) is 4.65. The molecule has 0 unspecified atom stereocenters. The van der Waals surface area contributed by atoms with Gasteiger partial charge in [-0.1, -0.05) is 12.1 Å². The summed E-state index contributed by atoms with van der Waals surface area (Å²) in [5.74, 6) is 0.217. The number of hydrogen-bond donors (Lipinski definition) is 1. The molecule has 0 amide bonds. The van der Waals surface area contributed by atoms with Gasteiger partial charge < -0.3 is 5.11 Å². The van der Waals surface area contributed by atoms with Crippen molar-refractivity contribution in [3.63, 3.8) is 0 Å². The molecule has 1 aromatic rings. The van der Waals surface area contributed by atoms with Gasteiger partial charge >= 0.3 is 0 Å². The fraction of sp³-hybridized carbons (Fsp3) is 0.364. The minimum Gasteiger partial charge on any atom is -0.508 e. The SMILES string of the molecule is O=C=NC1(c2cccc(O)c2)CCC1. The van der Waals surface area contributed by atoms with E-state index in [4.69, 9.17) is 0 Å². The fourth-order valence-corrected chi connectivity index (χ4v) is 1.86. The zero-order valence-electron chi connectivity index (χ0n) is 7.73. The molecule has 3 heteroatoms. The minimum absolute atomic E-state index is 0.217. The highest BCUT2D eigenvalue weighted by molar-refractivity contribution is 5.41. The predicted molar refractivity (Wildman–Crippen MR) is 51.8 cm³/mol. The van der Waals surface area contributed by atoms with E-state index in [2.05, 4.69) is 4.99 Å². The van der Waals surface area contributed by atoms with Gasteiger partial charge in [-0.2, -0.15) is 4.99 Å². The Kier molecular flexibility index (Phi) is 2.10. The molecule has 0 saturated heterocycles. The van der Waals surface area contributed by atoms with Gasteiger partial charge in [0.15, 0.2) is 0 Å². The molecule has 1 aliphatic rings. The first-order chi connectivity index (χ1) is 6.77. The summed E-state index contributed by atoms with van der Waals surface area (Å²) >= 11 is 0. The summed E-state index contributed by atoms with van der Waals surface area (Å²) in [6.45, 7) is 0. The molecule has 0 atom stereocenters. The molecule has 0 bridgehead atoms. The molecule has 1 aromatic carbocycles. The van der Waals surface area contributed by atoms with E-state index < -0.39 is 5.54 Å². The number of isocyanates is 1. The minimum atomic E-state index is -0.402. The van der Waals surface area contributed by atoms with Crippen LogP contribution < -0.4 is 0 Å². The van der Waals surface area contributed by atoms with Crippen molar-refractivity contribution < 1.29 is 9.90 Å². The molecule has 2 rings (SSSR count). The molecule has 0 spiro atoms. The van der Waals surface area contributed by atoms with Crippen LogP contribution in [0, 0.1) is 0 Å². The van der Waals surface area contributed by atoms with Gasteiger partial charge in [-0.15, -0.1) is 0 Å². The third-order valence-corrected chi connectivity index (χ3v) is 2.82. The summed E-state index contributed by atoms with van der Waals surface area (Å²) < 4.78 is 0. The molecule has 14 heavy (non-hydrogen) atoms. The van der Waals surface area contributed by atoms with Crippen molar-refractivity contribution in [2.24, 2.45) is 4.99 Å². The summed E-state index contributed by atoms with van der Waals surface area (Å²) in [6, 6.07) is 6.94. The number of nitrogens with zero attached hydrogens (tertiary/aromatic N) is 1. The lowest BCUT2D eigenvalue weighted by Gasteiger charge is -2.37. The number of aliphatic imine (C=N–C) groups is 1. The highest BCUT2D eigenvalue weighted by Crippen LogP contribution is 2.45. The Balaban J connectivity index is 2.41. The lowest BCUT2D eigenvalue weighted by Crippen LogP contribution is -2.31. The molecule has 0 aromatic heterocycles. The van der Waals surface area contributed by atoms with Crippen molar-refractivity contribution in [1.82, 2.24) is 0 Å². The summed E-state index contributed by atoms with van der Waals surface area (Å²) in [5.41, 5.74) is 0.507. The van der Waals surface area contributed by atoms with Gasteiger partial charge in [0.2, 0.25) is 6.08 Å². The lowest BCUT2D eigenvalue weighted by molar-refractivity contribution is 0.255. The Hall–Kier alpha value is -1.60. The molecule has 0 aliphatic heterocycles. The standard InChI is InChI=1S/C11H11NO2/c13-8-12-11(5-2-6-11)9-3-1-4-10(14)7-9/h1,3-4,7,14H,2,5-6H2. The number of hydrogen-bond acceptors (Lipinski definition) is 3. The maximum Gasteiger partial charge on any atom is 0.235 e. The predicted octanol–water partition coefficient (Wildman–Crippen LogP) is 2.11. The topological polar surface area (TPSA) is 49.7 Å². The van der Waals surface area contributed by atoms with Gasteiger partial charge in [0.05, 0.1) is 5.54 Å². The van der Waals surface area contributed by atoms with Crippen LogP contribution in [0.3, 0.4) is 0 Å².